The van der Waals surface area contributed by atoms with Gasteiger partial charge in [-0.25, -0.2) is 0 Å². The maximum absolute atomic E-state index is 4.87. The molecule has 4 unspecified atom stereocenters. The first kappa shape index (κ1) is 20.4. The van der Waals surface area contributed by atoms with Crippen LogP contribution in [0.15, 0.2) is 29.3 Å². The van der Waals surface area contributed by atoms with Gasteiger partial charge in [-0.15, -0.1) is 12.4 Å². The topological polar surface area (TPSA) is 27.6 Å². The number of likely N-dealkylation sites (tertiary alicyclic amines) is 1. The minimum atomic E-state index is 0. The van der Waals surface area contributed by atoms with E-state index in [1.807, 2.05) is 0 Å². The van der Waals surface area contributed by atoms with Crippen molar-refractivity contribution < 1.29 is 0 Å². The van der Waals surface area contributed by atoms with Crippen molar-refractivity contribution in [2.45, 2.75) is 84.1 Å². The fourth-order valence-corrected chi connectivity index (χ4v) is 4.21. The van der Waals surface area contributed by atoms with Crippen LogP contribution in [-0.2, 0) is 5.41 Å². The first-order valence-corrected chi connectivity index (χ1v) is 9.41. The van der Waals surface area contributed by atoms with Crippen LogP contribution in [0.2, 0.25) is 0 Å². The first-order valence-electron chi connectivity index (χ1n) is 9.41. The number of benzene rings is 1. The molecule has 0 radical (unpaired) electrons. The summed E-state index contributed by atoms with van der Waals surface area (Å²) in [5.74, 6) is 0.605. The summed E-state index contributed by atoms with van der Waals surface area (Å²) in [5, 5.41) is 3.66. The predicted molar refractivity (Wildman–Crippen MR) is 110 cm³/mol. The number of nitrogens with zero attached hydrogens (tertiary/aromatic N) is 2. The molecule has 4 atom stereocenters. The SMILES string of the molecule is CC1=NC(N2CCC(c3ccc(C(C)(C)C)cc3)C2C)NC(C)C1.Cl. The zero-order valence-corrected chi connectivity index (χ0v) is 17.4. The maximum Gasteiger partial charge on any atom is 0.156 e. The smallest absolute Gasteiger partial charge is 0.156 e. The molecule has 0 aromatic heterocycles. The molecule has 0 aliphatic carbocycles. The van der Waals surface area contributed by atoms with E-state index >= 15 is 0 Å². The first-order chi connectivity index (χ1) is 11.3. The van der Waals surface area contributed by atoms with Gasteiger partial charge in [0.15, 0.2) is 6.29 Å². The number of rotatable bonds is 2. The second-order valence-corrected chi connectivity index (χ2v) is 8.76. The second-order valence-electron chi connectivity index (χ2n) is 8.76. The quantitative estimate of drug-likeness (QED) is 0.823. The molecule has 3 nitrogen and oxygen atoms in total. The van der Waals surface area contributed by atoms with E-state index in [-0.39, 0.29) is 24.1 Å². The highest BCUT2D eigenvalue weighted by molar-refractivity contribution is 5.85. The van der Waals surface area contributed by atoms with Gasteiger partial charge in [0.25, 0.3) is 0 Å². The van der Waals surface area contributed by atoms with Crippen LogP contribution < -0.4 is 5.32 Å². The monoisotopic (exact) mass is 363 g/mol. The van der Waals surface area contributed by atoms with Crippen LogP contribution in [0.5, 0.6) is 0 Å². The van der Waals surface area contributed by atoms with Crippen LogP contribution in [0.4, 0.5) is 0 Å². The van der Waals surface area contributed by atoms with Crippen molar-refractivity contribution in [3.8, 4) is 0 Å². The average Bonchev–Trinajstić information content (AvgIpc) is 2.87. The molecule has 1 fully saturated rings. The summed E-state index contributed by atoms with van der Waals surface area (Å²) in [6.07, 6.45) is 2.44. The van der Waals surface area contributed by atoms with Crippen LogP contribution in [0, 0.1) is 0 Å². The molecule has 0 saturated carbocycles. The van der Waals surface area contributed by atoms with E-state index in [9.17, 15) is 0 Å². The number of hydrogen-bond donors (Lipinski definition) is 1. The minimum Gasteiger partial charge on any atom is -0.280 e. The van der Waals surface area contributed by atoms with Crippen molar-refractivity contribution in [1.29, 1.82) is 0 Å². The van der Waals surface area contributed by atoms with E-state index in [1.165, 1.54) is 23.3 Å². The molecule has 140 valence electrons. The molecule has 2 aliphatic rings. The Labute approximate surface area is 159 Å². The highest BCUT2D eigenvalue weighted by Gasteiger charge is 2.37. The molecule has 4 heteroatoms. The maximum atomic E-state index is 4.87. The summed E-state index contributed by atoms with van der Waals surface area (Å²) in [7, 11) is 0. The van der Waals surface area contributed by atoms with Gasteiger partial charge in [0.2, 0.25) is 0 Å². The van der Waals surface area contributed by atoms with Gasteiger partial charge >= 0.3 is 0 Å². The molecule has 25 heavy (non-hydrogen) atoms. The van der Waals surface area contributed by atoms with Crippen LogP contribution >= 0.6 is 12.4 Å². The van der Waals surface area contributed by atoms with Gasteiger partial charge in [-0.2, -0.15) is 0 Å². The van der Waals surface area contributed by atoms with Gasteiger partial charge in [0.05, 0.1) is 0 Å². The van der Waals surface area contributed by atoms with Crippen molar-refractivity contribution in [3.63, 3.8) is 0 Å². The molecule has 3 rings (SSSR count). The van der Waals surface area contributed by atoms with Crippen LogP contribution in [-0.4, -0.2) is 35.5 Å². The third kappa shape index (κ3) is 4.45. The molecular formula is C21H34ClN3. The van der Waals surface area contributed by atoms with Gasteiger partial charge in [0, 0.05) is 36.7 Å². The summed E-state index contributed by atoms with van der Waals surface area (Å²) < 4.78 is 0. The fraction of sp³-hybridized carbons (Fsp3) is 0.667. The lowest BCUT2D eigenvalue weighted by molar-refractivity contribution is 0.144. The Kier molecular flexibility index (Phi) is 6.35. The molecule has 2 aliphatic heterocycles. The standard InChI is InChI=1S/C21H33N3.ClH/c1-14-13-15(2)23-20(22-14)24-12-11-19(16(24)3)17-7-9-18(10-8-17)21(4,5)6;/h7-10,14,16,19-20,22H,11-13H2,1-6H3;1H. The Morgan fingerprint density at radius 3 is 2.32 bits per heavy atom. The molecule has 1 saturated heterocycles. The average molecular weight is 364 g/mol. The van der Waals surface area contributed by atoms with Crippen molar-refractivity contribution in [2.75, 3.05) is 6.54 Å². The summed E-state index contributed by atoms with van der Waals surface area (Å²) >= 11 is 0. The van der Waals surface area contributed by atoms with Gasteiger partial charge in [-0.3, -0.25) is 15.2 Å². The van der Waals surface area contributed by atoms with Crippen LogP contribution in [0.3, 0.4) is 0 Å². The molecule has 1 N–H and O–H groups in total. The van der Waals surface area contributed by atoms with Gasteiger partial charge in [-0.05, 0) is 43.7 Å². The van der Waals surface area contributed by atoms with E-state index in [2.05, 4.69) is 76.0 Å². The molecule has 2 heterocycles. The van der Waals surface area contributed by atoms with E-state index in [0.717, 1.165) is 13.0 Å². The Morgan fingerprint density at radius 2 is 1.76 bits per heavy atom. The van der Waals surface area contributed by atoms with E-state index in [4.69, 9.17) is 4.99 Å². The van der Waals surface area contributed by atoms with Gasteiger partial charge < -0.3 is 0 Å². The lowest BCUT2D eigenvalue weighted by Crippen LogP contribution is -2.52. The number of hydrogen-bond acceptors (Lipinski definition) is 3. The molecule has 0 bridgehead atoms. The molecule has 0 spiro atoms. The summed E-state index contributed by atoms with van der Waals surface area (Å²) in [4.78, 5) is 7.41. The highest BCUT2D eigenvalue weighted by Crippen LogP contribution is 2.36. The van der Waals surface area contributed by atoms with Gasteiger partial charge in [0.1, 0.15) is 0 Å². The fourth-order valence-electron chi connectivity index (χ4n) is 4.21. The second kappa shape index (κ2) is 7.77. The Bertz CT molecular complexity index is 603. The summed E-state index contributed by atoms with van der Waals surface area (Å²) in [6.45, 7) is 14.7. The molecule has 0 amide bonds. The Morgan fingerprint density at radius 1 is 1.12 bits per heavy atom. The third-order valence-electron chi connectivity index (χ3n) is 5.70. The van der Waals surface area contributed by atoms with Crippen molar-refractivity contribution >= 4 is 18.1 Å². The summed E-state index contributed by atoms with van der Waals surface area (Å²) in [6, 6.07) is 10.4. The zero-order valence-electron chi connectivity index (χ0n) is 16.5. The number of aliphatic imine (C=N–C) groups is 1. The highest BCUT2D eigenvalue weighted by atomic mass is 35.5. The lowest BCUT2D eigenvalue weighted by atomic mass is 9.84. The van der Waals surface area contributed by atoms with Crippen LogP contribution in [0.25, 0.3) is 0 Å². The molecule has 1 aromatic carbocycles. The minimum absolute atomic E-state index is 0. The van der Waals surface area contributed by atoms with E-state index in [0.29, 0.717) is 18.0 Å². The molecule has 1 aromatic rings. The number of nitrogens with one attached hydrogen (secondary N) is 1. The largest absolute Gasteiger partial charge is 0.280 e. The zero-order chi connectivity index (χ0) is 17.5. The number of halogens is 1. The van der Waals surface area contributed by atoms with Crippen molar-refractivity contribution in [1.82, 2.24) is 10.2 Å². The van der Waals surface area contributed by atoms with Crippen molar-refractivity contribution in [3.05, 3.63) is 35.4 Å². The predicted octanol–water partition coefficient (Wildman–Crippen LogP) is 4.71. The van der Waals surface area contributed by atoms with E-state index < -0.39 is 0 Å². The third-order valence-corrected chi connectivity index (χ3v) is 5.70. The van der Waals surface area contributed by atoms with E-state index in [1.54, 1.807) is 0 Å². The Hall–Kier alpha value is -0.900. The normalized spacial score (nSPS) is 30.7. The molecular weight excluding hydrogens is 330 g/mol. The van der Waals surface area contributed by atoms with Crippen molar-refractivity contribution in [2.24, 2.45) is 4.99 Å². The van der Waals surface area contributed by atoms with Crippen LogP contribution in [0.1, 0.15) is 71.4 Å². The Balaban J connectivity index is 0.00000225. The van der Waals surface area contributed by atoms with Gasteiger partial charge in [-0.1, -0.05) is 45.0 Å². The summed E-state index contributed by atoms with van der Waals surface area (Å²) in [5.41, 5.74) is 4.39. The lowest BCUT2D eigenvalue weighted by Gasteiger charge is -2.36.